The van der Waals surface area contributed by atoms with Crippen LogP contribution >= 0.6 is 0 Å². The van der Waals surface area contributed by atoms with Crippen molar-refractivity contribution in [3.8, 4) is 11.1 Å². The minimum Gasteiger partial charge on any atom is -0.456 e. The summed E-state index contributed by atoms with van der Waals surface area (Å²) >= 11 is 0. The third kappa shape index (κ3) is 2.11. The standard InChI is InChI=1S/C19H15NO2/c1-12-6-9-18(22-12)19(21)20-15-8-7-14-10-13-4-2-3-5-16(13)17(14)11-15/h2-9,11H,10H2,1H3,(H,20,21). The summed E-state index contributed by atoms with van der Waals surface area (Å²) < 4.78 is 5.35. The number of benzene rings is 2. The number of amides is 1. The van der Waals surface area contributed by atoms with Crippen LogP contribution in [0.25, 0.3) is 11.1 Å². The van der Waals surface area contributed by atoms with E-state index in [2.05, 4.69) is 29.6 Å². The van der Waals surface area contributed by atoms with Gasteiger partial charge in [-0.1, -0.05) is 30.3 Å². The molecule has 108 valence electrons. The summed E-state index contributed by atoms with van der Waals surface area (Å²) in [5.41, 5.74) is 5.87. The van der Waals surface area contributed by atoms with Gasteiger partial charge in [-0.05, 0) is 59.9 Å². The number of hydrogen-bond donors (Lipinski definition) is 1. The number of hydrogen-bond acceptors (Lipinski definition) is 2. The topological polar surface area (TPSA) is 42.2 Å². The minimum atomic E-state index is -0.223. The van der Waals surface area contributed by atoms with Crippen molar-refractivity contribution in [2.24, 2.45) is 0 Å². The summed E-state index contributed by atoms with van der Waals surface area (Å²) in [6, 6.07) is 17.9. The summed E-state index contributed by atoms with van der Waals surface area (Å²) in [6.07, 6.45) is 0.955. The van der Waals surface area contributed by atoms with Crippen LogP contribution in [0, 0.1) is 6.92 Å². The maximum atomic E-state index is 12.2. The molecule has 0 saturated heterocycles. The van der Waals surface area contributed by atoms with Crippen LogP contribution in [-0.4, -0.2) is 5.91 Å². The lowest BCUT2D eigenvalue weighted by Crippen LogP contribution is -2.10. The molecule has 0 unspecified atom stereocenters. The number of fused-ring (bicyclic) bond motifs is 3. The highest BCUT2D eigenvalue weighted by atomic mass is 16.3. The van der Waals surface area contributed by atoms with E-state index in [1.54, 1.807) is 12.1 Å². The van der Waals surface area contributed by atoms with Crippen molar-refractivity contribution < 1.29 is 9.21 Å². The van der Waals surface area contributed by atoms with Crippen LogP contribution in [0.3, 0.4) is 0 Å². The zero-order valence-electron chi connectivity index (χ0n) is 12.2. The molecule has 1 amide bonds. The van der Waals surface area contributed by atoms with Crippen LogP contribution in [0.4, 0.5) is 5.69 Å². The molecule has 2 aromatic carbocycles. The molecule has 1 aliphatic carbocycles. The average Bonchev–Trinajstić information content (AvgIpc) is 3.11. The van der Waals surface area contributed by atoms with Crippen molar-refractivity contribution >= 4 is 11.6 Å². The number of carbonyl (C=O) groups excluding carboxylic acids is 1. The average molecular weight is 289 g/mol. The van der Waals surface area contributed by atoms with E-state index in [1.165, 1.54) is 22.3 Å². The molecule has 1 heterocycles. The largest absolute Gasteiger partial charge is 0.456 e. The van der Waals surface area contributed by atoms with Gasteiger partial charge >= 0.3 is 0 Å². The number of nitrogens with one attached hydrogen (secondary N) is 1. The Balaban J connectivity index is 1.64. The van der Waals surface area contributed by atoms with Gasteiger partial charge in [-0.15, -0.1) is 0 Å². The number of anilines is 1. The second-order valence-corrected chi connectivity index (χ2v) is 5.57. The molecular formula is C19H15NO2. The first-order valence-electron chi connectivity index (χ1n) is 7.30. The SMILES string of the molecule is Cc1ccc(C(=O)Nc2ccc3c(c2)-c2ccccc2C3)o1. The first kappa shape index (κ1) is 12.9. The van der Waals surface area contributed by atoms with Gasteiger partial charge < -0.3 is 9.73 Å². The molecule has 1 aromatic heterocycles. The first-order chi connectivity index (χ1) is 10.7. The van der Waals surface area contributed by atoms with Crippen LogP contribution in [-0.2, 0) is 6.42 Å². The Hall–Kier alpha value is -2.81. The smallest absolute Gasteiger partial charge is 0.291 e. The summed E-state index contributed by atoms with van der Waals surface area (Å²) in [5.74, 6) is 0.839. The molecule has 0 aliphatic heterocycles. The molecule has 0 radical (unpaired) electrons. The lowest BCUT2D eigenvalue weighted by molar-refractivity contribution is 0.0995. The van der Waals surface area contributed by atoms with Crippen LogP contribution < -0.4 is 5.32 Å². The highest BCUT2D eigenvalue weighted by Crippen LogP contribution is 2.37. The molecule has 4 rings (SSSR count). The molecule has 0 bridgehead atoms. The van der Waals surface area contributed by atoms with Gasteiger partial charge in [0.1, 0.15) is 5.76 Å². The highest BCUT2D eigenvalue weighted by molar-refractivity contribution is 6.02. The van der Waals surface area contributed by atoms with Crippen LogP contribution in [0.5, 0.6) is 0 Å². The van der Waals surface area contributed by atoms with E-state index in [0.717, 1.165) is 17.9 Å². The molecule has 3 heteroatoms. The monoisotopic (exact) mass is 289 g/mol. The quantitative estimate of drug-likeness (QED) is 0.594. The van der Waals surface area contributed by atoms with Gasteiger partial charge in [0.25, 0.3) is 5.91 Å². The van der Waals surface area contributed by atoms with E-state index in [9.17, 15) is 4.79 Å². The number of rotatable bonds is 2. The van der Waals surface area contributed by atoms with Gasteiger partial charge in [-0.25, -0.2) is 0 Å². The van der Waals surface area contributed by atoms with E-state index in [0.29, 0.717) is 5.76 Å². The molecule has 3 aromatic rings. The van der Waals surface area contributed by atoms with E-state index in [-0.39, 0.29) is 5.91 Å². The zero-order valence-corrected chi connectivity index (χ0v) is 12.2. The second kappa shape index (κ2) is 4.88. The van der Waals surface area contributed by atoms with Gasteiger partial charge in [0, 0.05) is 5.69 Å². The Kier molecular flexibility index (Phi) is 2.86. The van der Waals surface area contributed by atoms with E-state index in [4.69, 9.17) is 4.42 Å². The van der Waals surface area contributed by atoms with Crippen molar-refractivity contribution in [3.63, 3.8) is 0 Å². The molecule has 22 heavy (non-hydrogen) atoms. The van der Waals surface area contributed by atoms with Crippen LogP contribution in [0.1, 0.15) is 27.4 Å². The van der Waals surface area contributed by atoms with E-state index < -0.39 is 0 Å². The molecular weight excluding hydrogens is 274 g/mol. The highest BCUT2D eigenvalue weighted by Gasteiger charge is 2.18. The van der Waals surface area contributed by atoms with E-state index in [1.807, 2.05) is 25.1 Å². The van der Waals surface area contributed by atoms with Gasteiger partial charge in [0.2, 0.25) is 0 Å². The normalized spacial score (nSPS) is 11.9. The maximum Gasteiger partial charge on any atom is 0.291 e. The second-order valence-electron chi connectivity index (χ2n) is 5.57. The number of carbonyl (C=O) groups is 1. The van der Waals surface area contributed by atoms with E-state index >= 15 is 0 Å². The predicted octanol–water partition coefficient (Wildman–Crippen LogP) is 4.41. The summed E-state index contributed by atoms with van der Waals surface area (Å²) in [6.45, 7) is 1.82. The molecule has 1 aliphatic rings. The Morgan fingerprint density at radius 3 is 2.64 bits per heavy atom. The minimum absolute atomic E-state index is 0.223. The van der Waals surface area contributed by atoms with Crippen LogP contribution in [0.15, 0.2) is 59.0 Å². The van der Waals surface area contributed by atoms with Crippen molar-refractivity contribution in [3.05, 3.63) is 77.2 Å². The lowest BCUT2D eigenvalue weighted by Gasteiger charge is -2.07. The molecule has 3 nitrogen and oxygen atoms in total. The number of aryl methyl sites for hydroxylation is 1. The molecule has 0 atom stereocenters. The van der Waals surface area contributed by atoms with Gasteiger partial charge in [-0.3, -0.25) is 4.79 Å². The van der Waals surface area contributed by atoms with Crippen molar-refractivity contribution in [2.75, 3.05) is 5.32 Å². The Morgan fingerprint density at radius 1 is 1.00 bits per heavy atom. The molecule has 0 spiro atoms. The Labute approximate surface area is 128 Å². The van der Waals surface area contributed by atoms with Gasteiger partial charge in [-0.2, -0.15) is 0 Å². The third-order valence-corrected chi connectivity index (χ3v) is 4.02. The maximum absolute atomic E-state index is 12.2. The molecule has 0 fully saturated rings. The van der Waals surface area contributed by atoms with Crippen LogP contribution in [0.2, 0.25) is 0 Å². The van der Waals surface area contributed by atoms with Crippen molar-refractivity contribution in [1.29, 1.82) is 0 Å². The summed E-state index contributed by atoms with van der Waals surface area (Å²) in [5, 5.41) is 2.90. The van der Waals surface area contributed by atoms with Gasteiger partial charge in [0.15, 0.2) is 5.76 Å². The fourth-order valence-corrected chi connectivity index (χ4v) is 2.95. The summed E-state index contributed by atoms with van der Waals surface area (Å²) in [7, 11) is 0. The first-order valence-corrected chi connectivity index (χ1v) is 7.30. The fourth-order valence-electron chi connectivity index (χ4n) is 2.95. The fraction of sp³-hybridized carbons (Fsp3) is 0.105. The molecule has 0 saturated carbocycles. The zero-order chi connectivity index (χ0) is 15.1. The number of furan rings is 1. The molecule has 1 N–H and O–H groups in total. The summed E-state index contributed by atoms with van der Waals surface area (Å²) in [4.78, 5) is 12.2. The third-order valence-electron chi connectivity index (χ3n) is 4.02. The predicted molar refractivity (Wildman–Crippen MR) is 86.1 cm³/mol. The lowest BCUT2D eigenvalue weighted by atomic mass is 10.1. The van der Waals surface area contributed by atoms with Gasteiger partial charge in [0.05, 0.1) is 0 Å². The van der Waals surface area contributed by atoms with Crippen molar-refractivity contribution in [2.45, 2.75) is 13.3 Å². The Morgan fingerprint density at radius 2 is 1.82 bits per heavy atom. The Bertz CT molecular complexity index is 877. The van der Waals surface area contributed by atoms with Crippen molar-refractivity contribution in [1.82, 2.24) is 0 Å².